The highest BCUT2D eigenvalue weighted by atomic mass is 16.5. The summed E-state index contributed by atoms with van der Waals surface area (Å²) in [5, 5.41) is 9.74. The smallest absolute Gasteiger partial charge is 0.320 e. The number of carbonyl (C=O) groups is 1. The molecule has 138 valence electrons. The Hall–Kier alpha value is -2.60. The van der Waals surface area contributed by atoms with E-state index in [0.717, 1.165) is 30.5 Å². The number of nitrogens with zero attached hydrogens (tertiary/aromatic N) is 2. The van der Waals surface area contributed by atoms with Gasteiger partial charge in [-0.2, -0.15) is 0 Å². The standard InChI is InChI=1S/C20H24N2O4/c1-25-17-7-6-15(13-18(17)26-2)19(14-8-10-21-11-9-14)22-12-4-3-5-16(22)20(23)24/h6-11,13,16,19H,3-5,12H2,1-2H3,(H,23,24). The molecule has 1 N–H and O–H groups in total. The van der Waals surface area contributed by atoms with Crippen LogP contribution in [0.25, 0.3) is 0 Å². The van der Waals surface area contributed by atoms with Gasteiger partial charge in [0.05, 0.1) is 20.3 Å². The molecule has 1 saturated heterocycles. The van der Waals surface area contributed by atoms with Crippen molar-refractivity contribution in [2.24, 2.45) is 0 Å². The zero-order valence-corrected chi connectivity index (χ0v) is 15.1. The molecule has 0 aliphatic carbocycles. The molecular weight excluding hydrogens is 332 g/mol. The Labute approximate surface area is 153 Å². The van der Waals surface area contributed by atoms with Gasteiger partial charge in [-0.15, -0.1) is 0 Å². The molecule has 2 unspecified atom stereocenters. The fourth-order valence-corrected chi connectivity index (χ4v) is 3.67. The number of carboxylic acid groups (broad SMARTS) is 1. The van der Waals surface area contributed by atoms with Gasteiger partial charge in [0, 0.05) is 12.4 Å². The number of aliphatic carboxylic acids is 1. The molecule has 1 aromatic heterocycles. The SMILES string of the molecule is COc1ccc(C(c2ccncc2)N2CCCCC2C(=O)O)cc1OC. The lowest BCUT2D eigenvalue weighted by atomic mass is 9.92. The fraction of sp³-hybridized carbons (Fsp3) is 0.400. The van der Waals surface area contributed by atoms with E-state index in [1.165, 1.54) is 0 Å². The summed E-state index contributed by atoms with van der Waals surface area (Å²) in [5.74, 6) is 0.510. The summed E-state index contributed by atoms with van der Waals surface area (Å²) in [7, 11) is 3.20. The van der Waals surface area contributed by atoms with Gasteiger partial charge < -0.3 is 14.6 Å². The lowest BCUT2D eigenvalue weighted by Gasteiger charge is -2.39. The zero-order valence-electron chi connectivity index (χ0n) is 15.1. The van der Waals surface area contributed by atoms with Gasteiger partial charge >= 0.3 is 5.97 Å². The Morgan fingerprint density at radius 2 is 1.85 bits per heavy atom. The van der Waals surface area contributed by atoms with Gasteiger partial charge in [-0.05, 0) is 54.8 Å². The van der Waals surface area contributed by atoms with Gasteiger partial charge in [-0.1, -0.05) is 12.5 Å². The molecule has 0 bridgehead atoms. The van der Waals surface area contributed by atoms with Gasteiger partial charge in [0.2, 0.25) is 0 Å². The van der Waals surface area contributed by atoms with Crippen molar-refractivity contribution in [3.8, 4) is 11.5 Å². The molecular formula is C20H24N2O4. The van der Waals surface area contributed by atoms with Crippen LogP contribution in [-0.4, -0.2) is 47.8 Å². The Bertz CT molecular complexity index is 751. The third-order valence-electron chi connectivity index (χ3n) is 4.91. The summed E-state index contributed by atoms with van der Waals surface area (Å²) >= 11 is 0. The third-order valence-corrected chi connectivity index (χ3v) is 4.91. The third kappa shape index (κ3) is 3.65. The normalized spacial score (nSPS) is 18.9. The minimum Gasteiger partial charge on any atom is -0.493 e. The number of aromatic nitrogens is 1. The average molecular weight is 356 g/mol. The number of carboxylic acids is 1. The van der Waals surface area contributed by atoms with E-state index in [1.54, 1.807) is 26.6 Å². The first-order chi connectivity index (χ1) is 12.7. The van der Waals surface area contributed by atoms with Crippen LogP contribution in [0, 0.1) is 0 Å². The van der Waals surface area contributed by atoms with Crippen molar-refractivity contribution >= 4 is 5.97 Å². The highest BCUT2D eigenvalue weighted by molar-refractivity contribution is 5.73. The predicted molar refractivity (Wildman–Crippen MR) is 97.6 cm³/mol. The molecule has 1 aliphatic rings. The van der Waals surface area contributed by atoms with Crippen molar-refractivity contribution in [3.05, 3.63) is 53.9 Å². The van der Waals surface area contributed by atoms with Crippen molar-refractivity contribution in [1.82, 2.24) is 9.88 Å². The van der Waals surface area contributed by atoms with Crippen LogP contribution in [0.1, 0.15) is 36.4 Å². The summed E-state index contributed by atoms with van der Waals surface area (Å²) in [6.07, 6.45) is 6.05. The predicted octanol–water partition coefficient (Wildman–Crippen LogP) is 3.13. The topological polar surface area (TPSA) is 71.9 Å². The van der Waals surface area contributed by atoms with Gasteiger partial charge in [0.25, 0.3) is 0 Å². The lowest BCUT2D eigenvalue weighted by Crippen LogP contribution is -2.46. The van der Waals surface area contributed by atoms with Crippen molar-refractivity contribution in [3.63, 3.8) is 0 Å². The van der Waals surface area contributed by atoms with Gasteiger partial charge in [0.1, 0.15) is 6.04 Å². The second kappa shape index (κ2) is 8.19. The van der Waals surface area contributed by atoms with Gasteiger partial charge in [0.15, 0.2) is 11.5 Å². The number of ether oxygens (including phenoxy) is 2. The maximum atomic E-state index is 11.9. The molecule has 3 rings (SSSR count). The van der Waals surface area contributed by atoms with E-state index in [9.17, 15) is 9.90 Å². The van der Waals surface area contributed by atoms with Crippen LogP contribution in [0.5, 0.6) is 11.5 Å². The molecule has 0 amide bonds. The summed E-state index contributed by atoms with van der Waals surface area (Å²) in [6.45, 7) is 0.734. The largest absolute Gasteiger partial charge is 0.493 e. The molecule has 2 heterocycles. The number of pyridine rings is 1. The van der Waals surface area contributed by atoms with E-state index >= 15 is 0 Å². The van der Waals surface area contributed by atoms with Crippen LogP contribution >= 0.6 is 0 Å². The number of likely N-dealkylation sites (tertiary alicyclic amines) is 1. The number of rotatable bonds is 6. The van der Waals surface area contributed by atoms with E-state index in [4.69, 9.17) is 9.47 Å². The quantitative estimate of drug-likeness (QED) is 0.857. The van der Waals surface area contributed by atoms with Gasteiger partial charge in [-0.3, -0.25) is 14.7 Å². The maximum absolute atomic E-state index is 11.9. The number of hydrogen-bond donors (Lipinski definition) is 1. The van der Waals surface area contributed by atoms with E-state index in [-0.39, 0.29) is 6.04 Å². The molecule has 6 heteroatoms. The number of methoxy groups -OCH3 is 2. The number of benzene rings is 1. The first kappa shape index (κ1) is 18.2. The zero-order chi connectivity index (χ0) is 18.5. The summed E-state index contributed by atoms with van der Waals surface area (Å²) in [5.41, 5.74) is 1.99. The Balaban J connectivity index is 2.08. The molecule has 0 radical (unpaired) electrons. The monoisotopic (exact) mass is 356 g/mol. The van der Waals surface area contributed by atoms with Crippen molar-refractivity contribution < 1.29 is 19.4 Å². The molecule has 1 fully saturated rings. The summed E-state index contributed by atoms with van der Waals surface area (Å²) in [4.78, 5) is 18.0. The molecule has 1 aromatic carbocycles. The molecule has 1 aliphatic heterocycles. The molecule has 2 aromatic rings. The first-order valence-electron chi connectivity index (χ1n) is 8.76. The molecule has 0 spiro atoms. The minimum atomic E-state index is -0.774. The second-order valence-electron chi connectivity index (χ2n) is 6.39. The van der Waals surface area contributed by atoms with Crippen LogP contribution in [0.3, 0.4) is 0 Å². The van der Waals surface area contributed by atoms with Crippen LogP contribution in [0.2, 0.25) is 0 Å². The van der Waals surface area contributed by atoms with Crippen LogP contribution in [0.4, 0.5) is 0 Å². The Kier molecular flexibility index (Phi) is 5.73. The molecule has 26 heavy (non-hydrogen) atoms. The first-order valence-corrected chi connectivity index (χ1v) is 8.76. The van der Waals surface area contributed by atoms with Crippen molar-refractivity contribution in [2.75, 3.05) is 20.8 Å². The molecule has 6 nitrogen and oxygen atoms in total. The highest BCUT2D eigenvalue weighted by Crippen LogP contribution is 2.37. The second-order valence-corrected chi connectivity index (χ2v) is 6.39. The summed E-state index contributed by atoms with van der Waals surface area (Å²) in [6, 6.07) is 8.96. The van der Waals surface area contributed by atoms with Gasteiger partial charge in [-0.25, -0.2) is 0 Å². The Morgan fingerprint density at radius 1 is 1.12 bits per heavy atom. The average Bonchev–Trinajstić information content (AvgIpc) is 2.69. The number of hydrogen-bond acceptors (Lipinski definition) is 5. The Morgan fingerprint density at radius 3 is 2.50 bits per heavy atom. The van der Waals surface area contributed by atoms with Crippen molar-refractivity contribution in [1.29, 1.82) is 0 Å². The fourth-order valence-electron chi connectivity index (χ4n) is 3.67. The van der Waals surface area contributed by atoms with Crippen LogP contribution in [-0.2, 0) is 4.79 Å². The molecule has 2 atom stereocenters. The van der Waals surface area contributed by atoms with Crippen LogP contribution in [0.15, 0.2) is 42.7 Å². The lowest BCUT2D eigenvalue weighted by molar-refractivity contribution is -0.145. The van der Waals surface area contributed by atoms with E-state index in [2.05, 4.69) is 9.88 Å². The van der Waals surface area contributed by atoms with Crippen LogP contribution < -0.4 is 9.47 Å². The summed E-state index contributed by atoms with van der Waals surface area (Å²) < 4.78 is 10.8. The van der Waals surface area contributed by atoms with E-state index in [0.29, 0.717) is 17.9 Å². The highest BCUT2D eigenvalue weighted by Gasteiger charge is 2.35. The van der Waals surface area contributed by atoms with E-state index < -0.39 is 12.0 Å². The number of piperidine rings is 1. The van der Waals surface area contributed by atoms with Crippen molar-refractivity contribution in [2.45, 2.75) is 31.3 Å². The molecule has 0 saturated carbocycles. The van der Waals surface area contributed by atoms with E-state index in [1.807, 2.05) is 30.3 Å². The minimum absolute atomic E-state index is 0.181. The maximum Gasteiger partial charge on any atom is 0.320 e.